The van der Waals surface area contributed by atoms with Crippen LogP contribution in [0.1, 0.15) is 32.9 Å². The molecular weight excluding hydrogens is 382 g/mol. The summed E-state index contributed by atoms with van der Waals surface area (Å²) in [6.07, 6.45) is 1.41. The second kappa shape index (κ2) is 7.56. The number of carbonyl (C=O) groups excluding carboxylic acids is 1. The first kappa shape index (κ1) is 19.0. The molecule has 6 heteroatoms. The van der Waals surface area contributed by atoms with Gasteiger partial charge in [0.2, 0.25) is 0 Å². The number of nitrogens with one attached hydrogen (secondary N) is 1. The average Bonchev–Trinajstić information content (AvgIpc) is 3.20. The number of aromatic nitrogens is 1. The molecule has 0 fully saturated rings. The Hall–Kier alpha value is -3.38. The van der Waals surface area contributed by atoms with Gasteiger partial charge in [-0.2, -0.15) is 0 Å². The van der Waals surface area contributed by atoms with Gasteiger partial charge in [0.05, 0.1) is 11.8 Å². The third-order valence-corrected chi connectivity index (χ3v) is 6.14. The van der Waals surface area contributed by atoms with E-state index in [2.05, 4.69) is 10.5 Å². The summed E-state index contributed by atoms with van der Waals surface area (Å²) in [5.41, 5.74) is 5.23. The van der Waals surface area contributed by atoms with Crippen molar-refractivity contribution in [2.24, 2.45) is 5.16 Å². The van der Waals surface area contributed by atoms with Crippen LogP contribution in [0.5, 0.6) is 0 Å². The molecule has 2 heterocycles. The second-order valence-corrected chi connectivity index (χ2v) is 8.04. The molecule has 0 unspecified atom stereocenters. The highest BCUT2D eigenvalue weighted by molar-refractivity contribution is 7.22. The SMILES string of the molecule is Cc1ccc(NC(=O)c2c(-n3c(C)cc(C=NO)c3C)sc3ccccc23)cc1. The first-order valence-electron chi connectivity index (χ1n) is 9.26. The Kier molecular flexibility index (Phi) is 4.94. The van der Waals surface area contributed by atoms with Crippen LogP contribution in [0.4, 0.5) is 5.69 Å². The molecule has 0 saturated heterocycles. The van der Waals surface area contributed by atoms with Crippen molar-refractivity contribution in [3.63, 3.8) is 0 Å². The van der Waals surface area contributed by atoms with E-state index in [9.17, 15) is 4.79 Å². The van der Waals surface area contributed by atoms with Crippen molar-refractivity contribution in [1.29, 1.82) is 0 Å². The largest absolute Gasteiger partial charge is 0.411 e. The molecule has 0 saturated carbocycles. The quantitative estimate of drug-likeness (QED) is 0.262. The molecule has 4 rings (SSSR count). The number of rotatable bonds is 4. The maximum absolute atomic E-state index is 13.3. The molecule has 1 amide bonds. The number of carbonyl (C=O) groups is 1. The topological polar surface area (TPSA) is 66.6 Å². The number of thiophene rings is 1. The van der Waals surface area contributed by atoms with E-state index in [1.54, 1.807) is 11.3 Å². The van der Waals surface area contributed by atoms with Gasteiger partial charge in [0.15, 0.2) is 0 Å². The number of amides is 1. The minimum Gasteiger partial charge on any atom is -0.411 e. The minimum atomic E-state index is -0.147. The summed E-state index contributed by atoms with van der Waals surface area (Å²) in [5, 5.41) is 16.9. The highest BCUT2D eigenvalue weighted by Gasteiger charge is 2.23. The maximum Gasteiger partial charge on any atom is 0.259 e. The number of benzene rings is 2. The van der Waals surface area contributed by atoms with E-state index >= 15 is 0 Å². The lowest BCUT2D eigenvalue weighted by Gasteiger charge is -2.11. The maximum atomic E-state index is 13.3. The Morgan fingerprint density at radius 3 is 2.55 bits per heavy atom. The molecule has 0 atom stereocenters. The summed E-state index contributed by atoms with van der Waals surface area (Å²) >= 11 is 1.57. The smallest absolute Gasteiger partial charge is 0.259 e. The van der Waals surface area contributed by atoms with E-state index in [1.165, 1.54) is 6.21 Å². The predicted octanol–water partition coefficient (Wildman–Crippen LogP) is 5.68. The van der Waals surface area contributed by atoms with Gasteiger partial charge in [-0.05, 0) is 45.0 Å². The minimum absolute atomic E-state index is 0.147. The predicted molar refractivity (Wildman–Crippen MR) is 119 cm³/mol. The highest BCUT2D eigenvalue weighted by Crippen LogP contribution is 2.37. The first-order valence-corrected chi connectivity index (χ1v) is 10.1. The van der Waals surface area contributed by atoms with Crippen molar-refractivity contribution >= 4 is 39.2 Å². The number of hydrogen-bond acceptors (Lipinski definition) is 4. The van der Waals surface area contributed by atoms with Gasteiger partial charge < -0.3 is 15.1 Å². The van der Waals surface area contributed by atoms with Crippen molar-refractivity contribution in [3.05, 3.63) is 82.7 Å². The van der Waals surface area contributed by atoms with Gasteiger partial charge in [0.1, 0.15) is 5.00 Å². The van der Waals surface area contributed by atoms with Crippen molar-refractivity contribution in [3.8, 4) is 5.00 Å². The van der Waals surface area contributed by atoms with Crippen LogP contribution in [0.2, 0.25) is 0 Å². The molecular formula is C23H21N3O2S. The monoisotopic (exact) mass is 403 g/mol. The summed E-state index contributed by atoms with van der Waals surface area (Å²) < 4.78 is 3.09. The van der Waals surface area contributed by atoms with Gasteiger partial charge in [-0.15, -0.1) is 11.3 Å². The van der Waals surface area contributed by atoms with Gasteiger partial charge in [-0.25, -0.2) is 0 Å². The lowest BCUT2D eigenvalue weighted by molar-refractivity contribution is 0.102. The van der Waals surface area contributed by atoms with Crippen LogP contribution in [0.15, 0.2) is 59.8 Å². The van der Waals surface area contributed by atoms with Gasteiger partial charge in [0.25, 0.3) is 5.91 Å². The zero-order valence-corrected chi connectivity index (χ0v) is 17.2. The molecule has 2 aromatic heterocycles. The second-order valence-electron chi connectivity index (χ2n) is 7.00. The molecule has 0 bridgehead atoms. The van der Waals surface area contributed by atoms with Crippen LogP contribution in [0.25, 0.3) is 15.1 Å². The molecule has 2 aromatic carbocycles. The fourth-order valence-electron chi connectivity index (χ4n) is 3.53. The van der Waals surface area contributed by atoms with E-state index in [-0.39, 0.29) is 5.91 Å². The summed E-state index contributed by atoms with van der Waals surface area (Å²) in [7, 11) is 0. The number of oxime groups is 1. The summed E-state index contributed by atoms with van der Waals surface area (Å²) in [4.78, 5) is 13.3. The van der Waals surface area contributed by atoms with E-state index in [0.717, 1.165) is 43.3 Å². The van der Waals surface area contributed by atoms with Crippen LogP contribution in [0.3, 0.4) is 0 Å². The van der Waals surface area contributed by atoms with Crippen LogP contribution in [0, 0.1) is 20.8 Å². The summed E-state index contributed by atoms with van der Waals surface area (Å²) in [6.45, 7) is 5.95. The lowest BCUT2D eigenvalue weighted by Crippen LogP contribution is -2.14. The third-order valence-electron chi connectivity index (χ3n) is 4.98. The fourth-order valence-corrected chi connectivity index (χ4v) is 4.84. The Labute approximate surface area is 172 Å². The van der Waals surface area contributed by atoms with E-state index < -0.39 is 0 Å². The first-order chi connectivity index (χ1) is 14.0. The van der Waals surface area contributed by atoms with Gasteiger partial charge in [-0.3, -0.25) is 4.79 Å². The Morgan fingerprint density at radius 1 is 1.10 bits per heavy atom. The molecule has 0 aliphatic carbocycles. The van der Waals surface area contributed by atoms with Crippen molar-refractivity contribution < 1.29 is 10.0 Å². The normalized spacial score (nSPS) is 11.4. The number of fused-ring (bicyclic) bond motifs is 1. The molecule has 0 aliphatic rings. The zero-order chi connectivity index (χ0) is 20.5. The van der Waals surface area contributed by atoms with Crippen LogP contribution in [-0.4, -0.2) is 21.9 Å². The molecule has 146 valence electrons. The lowest BCUT2D eigenvalue weighted by atomic mass is 10.1. The van der Waals surface area contributed by atoms with Crippen LogP contribution >= 0.6 is 11.3 Å². The van der Waals surface area contributed by atoms with Crippen molar-refractivity contribution in [2.75, 3.05) is 5.32 Å². The number of anilines is 1. The molecule has 4 aromatic rings. The third kappa shape index (κ3) is 3.43. The molecule has 29 heavy (non-hydrogen) atoms. The Balaban J connectivity index is 1.88. The fraction of sp³-hybridized carbons (Fsp3) is 0.130. The number of aryl methyl sites for hydroxylation is 2. The molecule has 2 N–H and O–H groups in total. The standard InChI is InChI=1S/C23H21N3O2S/c1-14-8-10-18(11-9-14)25-22(27)21-19-6-4-5-7-20(19)29-23(21)26-15(2)12-17(13-24-28)16(26)3/h4-13,28H,1-3H3,(H,25,27). The van der Waals surface area contributed by atoms with Gasteiger partial charge in [0, 0.05) is 32.7 Å². The van der Waals surface area contributed by atoms with E-state index in [1.807, 2.05) is 79.9 Å². The molecule has 0 aliphatic heterocycles. The highest BCUT2D eigenvalue weighted by atomic mass is 32.1. The van der Waals surface area contributed by atoms with E-state index in [0.29, 0.717) is 5.56 Å². The number of nitrogens with zero attached hydrogens (tertiary/aromatic N) is 2. The molecule has 0 radical (unpaired) electrons. The molecule has 5 nitrogen and oxygen atoms in total. The Morgan fingerprint density at radius 2 is 1.83 bits per heavy atom. The summed E-state index contributed by atoms with van der Waals surface area (Å²) in [6, 6.07) is 17.6. The molecule has 0 spiro atoms. The van der Waals surface area contributed by atoms with Crippen LogP contribution < -0.4 is 5.32 Å². The summed E-state index contributed by atoms with van der Waals surface area (Å²) in [5.74, 6) is -0.147. The van der Waals surface area contributed by atoms with Gasteiger partial charge in [-0.1, -0.05) is 41.1 Å². The Bertz CT molecular complexity index is 1230. The average molecular weight is 404 g/mol. The van der Waals surface area contributed by atoms with E-state index in [4.69, 9.17) is 5.21 Å². The number of hydrogen-bond donors (Lipinski definition) is 2. The van der Waals surface area contributed by atoms with Gasteiger partial charge >= 0.3 is 0 Å². The van der Waals surface area contributed by atoms with Crippen LogP contribution in [-0.2, 0) is 0 Å². The van der Waals surface area contributed by atoms with Crippen molar-refractivity contribution in [2.45, 2.75) is 20.8 Å². The van der Waals surface area contributed by atoms with Crippen molar-refractivity contribution in [1.82, 2.24) is 4.57 Å². The zero-order valence-electron chi connectivity index (χ0n) is 16.4.